The highest BCUT2D eigenvalue weighted by Crippen LogP contribution is 2.37. The standard InChI is InChI=1S/C38H48N8O7/c1-22-8-15-45(22)38(52)53-27-4-2-25(17-27)30-19-32(42-41-30)39-34(48)16-23-9-12-43(13-10-23)20-24-11-14-44(21-24)26-3-5-28-29(18-26)37(51)46(36(28)50)31-6-7-33(47)40-35(31)49/h3,5,18-19,22-25,27,31H,2,4,6-17,20-21H2,1H3,(H,40,47,49)(H2,39,41,42,48)/t22-,24?,25?,27?,31?/m0/s1. The highest BCUT2D eigenvalue weighted by Gasteiger charge is 2.45. The van der Waals surface area contributed by atoms with Crippen LogP contribution in [0.1, 0.15) is 103 Å². The summed E-state index contributed by atoms with van der Waals surface area (Å²) in [5.41, 5.74) is 2.45. The van der Waals surface area contributed by atoms with Crippen molar-refractivity contribution < 1.29 is 33.5 Å². The van der Waals surface area contributed by atoms with E-state index in [-0.39, 0.29) is 42.9 Å². The molecule has 15 nitrogen and oxygen atoms in total. The van der Waals surface area contributed by atoms with Gasteiger partial charge in [-0.2, -0.15) is 5.10 Å². The number of piperidine rings is 2. The zero-order valence-electron chi connectivity index (χ0n) is 30.2. The van der Waals surface area contributed by atoms with Crippen LogP contribution in [0.5, 0.6) is 0 Å². The zero-order valence-corrected chi connectivity index (χ0v) is 30.2. The lowest BCUT2D eigenvalue weighted by Gasteiger charge is -2.38. The van der Waals surface area contributed by atoms with E-state index in [0.29, 0.717) is 35.2 Å². The van der Waals surface area contributed by atoms with Crippen LogP contribution in [0.15, 0.2) is 24.3 Å². The smallest absolute Gasteiger partial charge is 0.410 e. The van der Waals surface area contributed by atoms with Gasteiger partial charge in [-0.15, -0.1) is 0 Å². The van der Waals surface area contributed by atoms with E-state index in [1.165, 1.54) is 0 Å². The van der Waals surface area contributed by atoms with Crippen molar-refractivity contribution in [3.05, 3.63) is 41.1 Å². The molecule has 6 heterocycles. The molecule has 53 heavy (non-hydrogen) atoms. The van der Waals surface area contributed by atoms with Crippen molar-refractivity contribution in [1.29, 1.82) is 0 Å². The first kappa shape index (κ1) is 35.3. The van der Waals surface area contributed by atoms with Gasteiger partial charge in [0.25, 0.3) is 11.8 Å². The first-order chi connectivity index (χ1) is 25.6. The van der Waals surface area contributed by atoms with Gasteiger partial charge in [0.2, 0.25) is 17.7 Å². The summed E-state index contributed by atoms with van der Waals surface area (Å²) < 4.78 is 5.74. The largest absolute Gasteiger partial charge is 0.446 e. The third-order valence-electron chi connectivity index (χ3n) is 12.3. The van der Waals surface area contributed by atoms with E-state index >= 15 is 0 Å². The van der Waals surface area contributed by atoms with E-state index in [2.05, 4.69) is 30.6 Å². The van der Waals surface area contributed by atoms with Gasteiger partial charge in [-0.25, -0.2) is 4.79 Å². The number of aromatic nitrogens is 2. The van der Waals surface area contributed by atoms with Crippen LogP contribution in [0.25, 0.3) is 0 Å². The Kier molecular flexibility index (Phi) is 9.68. The van der Waals surface area contributed by atoms with Gasteiger partial charge in [-0.1, -0.05) is 0 Å². The summed E-state index contributed by atoms with van der Waals surface area (Å²) in [6, 6.07) is 6.51. The van der Waals surface area contributed by atoms with E-state index in [1.807, 2.05) is 19.1 Å². The lowest BCUT2D eigenvalue weighted by atomic mass is 9.92. The number of amides is 6. The summed E-state index contributed by atoms with van der Waals surface area (Å²) in [4.78, 5) is 83.3. The van der Waals surface area contributed by atoms with Crippen molar-refractivity contribution in [3.63, 3.8) is 0 Å². The van der Waals surface area contributed by atoms with Gasteiger partial charge in [0, 0.05) is 68.4 Å². The maximum Gasteiger partial charge on any atom is 0.410 e. The molecule has 1 aromatic heterocycles. The second-order valence-electron chi connectivity index (χ2n) is 15.8. The lowest BCUT2D eigenvalue weighted by molar-refractivity contribution is -0.136. The third-order valence-corrected chi connectivity index (χ3v) is 12.3. The normalized spacial score (nSPS) is 27.9. The maximum absolute atomic E-state index is 13.3. The molecule has 1 aliphatic carbocycles. The number of nitrogens with one attached hydrogen (secondary N) is 3. The van der Waals surface area contributed by atoms with Crippen molar-refractivity contribution in [1.82, 2.24) is 30.2 Å². The monoisotopic (exact) mass is 728 g/mol. The van der Waals surface area contributed by atoms with E-state index in [9.17, 15) is 28.8 Å². The Labute approximate surface area is 308 Å². The molecular formula is C38H48N8O7. The number of anilines is 2. The molecule has 5 aliphatic heterocycles. The lowest BCUT2D eigenvalue weighted by Crippen LogP contribution is -2.54. The predicted molar refractivity (Wildman–Crippen MR) is 192 cm³/mol. The Bertz CT molecular complexity index is 1800. The number of carbonyl (C=O) groups excluding carboxylic acids is 6. The van der Waals surface area contributed by atoms with Crippen molar-refractivity contribution in [2.75, 3.05) is 49.5 Å². The molecule has 4 saturated heterocycles. The number of carbonyl (C=O) groups is 6. The number of fused-ring (bicyclic) bond motifs is 1. The number of imide groups is 2. The molecule has 0 bridgehead atoms. The molecule has 0 radical (unpaired) electrons. The fourth-order valence-corrected chi connectivity index (χ4v) is 9.00. The Balaban J connectivity index is 0.758. The summed E-state index contributed by atoms with van der Waals surface area (Å²) in [7, 11) is 0. The van der Waals surface area contributed by atoms with Crippen molar-refractivity contribution >= 4 is 47.1 Å². The minimum absolute atomic E-state index is 0.0235. The molecule has 4 unspecified atom stereocenters. The summed E-state index contributed by atoms with van der Waals surface area (Å²) in [5, 5.41) is 12.7. The Hall–Kier alpha value is -4.79. The second kappa shape index (κ2) is 14.6. The third kappa shape index (κ3) is 7.27. The molecule has 6 aliphatic rings. The summed E-state index contributed by atoms with van der Waals surface area (Å²) in [6.07, 6.45) is 6.83. The molecule has 5 atom stereocenters. The van der Waals surface area contributed by atoms with Crippen LogP contribution >= 0.6 is 0 Å². The Morgan fingerprint density at radius 1 is 0.906 bits per heavy atom. The van der Waals surface area contributed by atoms with Crippen LogP contribution in [-0.2, 0) is 19.1 Å². The van der Waals surface area contributed by atoms with Crippen molar-refractivity contribution in [2.45, 2.75) is 95.2 Å². The predicted octanol–water partition coefficient (Wildman–Crippen LogP) is 3.24. The quantitative estimate of drug-likeness (QED) is 0.325. The second-order valence-corrected chi connectivity index (χ2v) is 15.8. The number of hydrogen-bond acceptors (Lipinski definition) is 10. The molecule has 3 N–H and O–H groups in total. The summed E-state index contributed by atoms with van der Waals surface area (Å²) >= 11 is 0. The highest BCUT2D eigenvalue weighted by atomic mass is 16.6. The number of H-pyrrole nitrogens is 1. The molecule has 0 spiro atoms. The fraction of sp³-hybridized carbons (Fsp3) is 0.605. The van der Waals surface area contributed by atoms with Gasteiger partial charge in [-0.05, 0) is 101 Å². The van der Waals surface area contributed by atoms with Crippen LogP contribution in [0.2, 0.25) is 0 Å². The molecule has 1 saturated carbocycles. The van der Waals surface area contributed by atoms with E-state index in [1.54, 1.807) is 17.0 Å². The topological polar surface area (TPSA) is 177 Å². The highest BCUT2D eigenvalue weighted by molar-refractivity contribution is 6.23. The summed E-state index contributed by atoms with van der Waals surface area (Å²) in [5.74, 6) is -0.477. The number of hydrogen-bond donors (Lipinski definition) is 3. The van der Waals surface area contributed by atoms with E-state index in [0.717, 1.165) is 100 Å². The number of nitrogens with zero attached hydrogens (tertiary/aromatic N) is 5. The van der Waals surface area contributed by atoms with Gasteiger partial charge in [0.15, 0.2) is 5.82 Å². The van der Waals surface area contributed by atoms with Gasteiger partial charge in [0.1, 0.15) is 12.1 Å². The Morgan fingerprint density at radius 2 is 1.70 bits per heavy atom. The number of ether oxygens (including phenoxy) is 1. The van der Waals surface area contributed by atoms with Gasteiger partial charge < -0.3 is 24.8 Å². The van der Waals surface area contributed by atoms with Gasteiger partial charge in [-0.3, -0.25) is 39.3 Å². The van der Waals surface area contributed by atoms with Crippen LogP contribution in [0, 0.1) is 11.8 Å². The molecule has 1 aromatic carbocycles. The van der Waals surface area contributed by atoms with Crippen molar-refractivity contribution in [2.24, 2.45) is 11.8 Å². The molecular weight excluding hydrogens is 680 g/mol. The minimum Gasteiger partial charge on any atom is -0.446 e. The SMILES string of the molecule is C[C@H]1CCN1C(=O)OC1CCC(c2cc(NC(=O)CC3CCN(CC4CCN(c5ccc6c(c5)C(=O)N(C5CCC(=O)NC5=O)C6=O)C4)CC3)n[nH]2)C1. The zero-order chi connectivity index (χ0) is 36.8. The molecule has 15 heteroatoms. The number of aromatic amines is 1. The first-order valence-corrected chi connectivity index (χ1v) is 19.2. The first-order valence-electron chi connectivity index (χ1n) is 19.2. The number of likely N-dealkylation sites (tertiary alicyclic amines) is 2. The summed E-state index contributed by atoms with van der Waals surface area (Å²) in [6.45, 7) is 7.35. The van der Waals surface area contributed by atoms with Crippen LogP contribution in [0.3, 0.4) is 0 Å². The molecule has 5 fully saturated rings. The average Bonchev–Trinajstić information content (AvgIpc) is 3.94. The van der Waals surface area contributed by atoms with E-state index < -0.39 is 29.7 Å². The molecule has 2 aromatic rings. The van der Waals surface area contributed by atoms with Crippen LogP contribution in [0.4, 0.5) is 16.3 Å². The van der Waals surface area contributed by atoms with E-state index in [4.69, 9.17) is 4.74 Å². The van der Waals surface area contributed by atoms with Crippen LogP contribution < -0.4 is 15.5 Å². The Morgan fingerprint density at radius 3 is 2.45 bits per heavy atom. The van der Waals surface area contributed by atoms with Crippen molar-refractivity contribution in [3.8, 4) is 0 Å². The number of rotatable bonds is 9. The molecule has 8 rings (SSSR count). The maximum atomic E-state index is 13.3. The molecule has 6 amide bonds. The van der Waals surface area contributed by atoms with Crippen LogP contribution in [-0.4, -0.2) is 118 Å². The minimum atomic E-state index is -0.974. The molecule has 282 valence electrons. The van der Waals surface area contributed by atoms with Gasteiger partial charge in [0.05, 0.1) is 11.1 Å². The van der Waals surface area contributed by atoms with Gasteiger partial charge >= 0.3 is 6.09 Å². The average molecular weight is 729 g/mol. The number of benzene rings is 1. The fourth-order valence-electron chi connectivity index (χ4n) is 9.00.